The van der Waals surface area contributed by atoms with Gasteiger partial charge in [0.2, 0.25) is 5.91 Å². The first-order valence-electron chi connectivity index (χ1n) is 7.48. The van der Waals surface area contributed by atoms with Gasteiger partial charge in [-0.2, -0.15) is 0 Å². The molecule has 0 saturated heterocycles. The van der Waals surface area contributed by atoms with Gasteiger partial charge in [0.1, 0.15) is 5.82 Å². The molecule has 0 radical (unpaired) electrons. The number of anilines is 1. The van der Waals surface area contributed by atoms with E-state index in [4.69, 9.17) is 4.98 Å². The van der Waals surface area contributed by atoms with Crippen LogP contribution in [0, 0.1) is 6.92 Å². The fraction of sp³-hybridized carbons (Fsp3) is 0.167. The highest BCUT2D eigenvalue weighted by Crippen LogP contribution is 2.32. The zero-order chi connectivity index (χ0) is 15.8. The Hall–Kier alpha value is -2.53. The quantitative estimate of drug-likeness (QED) is 0.740. The fourth-order valence-corrected chi connectivity index (χ4v) is 3.51. The lowest BCUT2D eigenvalue weighted by Crippen LogP contribution is -2.26. The van der Waals surface area contributed by atoms with E-state index in [0.29, 0.717) is 18.8 Å². The summed E-state index contributed by atoms with van der Waals surface area (Å²) in [6, 6.07) is 13.9. The number of amides is 1. The summed E-state index contributed by atoms with van der Waals surface area (Å²) in [6.45, 7) is 2.53. The van der Waals surface area contributed by atoms with E-state index in [2.05, 4.69) is 4.98 Å². The Morgan fingerprint density at radius 3 is 2.70 bits per heavy atom. The molecule has 0 fully saturated rings. The first-order chi connectivity index (χ1) is 11.2. The average Bonchev–Trinajstić information content (AvgIpc) is 3.18. The summed E-state index contributed by atoms with van der Waals surface area (Å²) in [4.78, 5) is 24.6. The highest BCUT2D eigenvalue weighted by molar-refractivity contribution is 7.09. The van der Waals surface area contributed by atoms with Gasteiger partial charge < -0.3 is 0 Å². The zero-order valence-electron chi connectivity index (χ0n) is 12.7. The molecule has 2 aromatic heterocycles. The topological polar surface area (TPSA) is 46.1 Å². The van der Waals surface area contributed by atoms with Gasteiger partial charge in [-0.15, -0.1) is 11.3 Å². The number of carbonyl (C=O) groups is 1. The van der Waals surface area contributed by atoms with E-state index in [0.717, 1.165) is 27.5 Å². The van der Waals surface area contributed by atoms with Crippen LogP contribution in [-0.2, 0) is 17.8 Å². The molecule has 0 saturated carbocycles. The highest BCUT2D eigenvalue weighted by Gasteiger charge is 2.31. The molecule has 0 bridgehead atoms. The second-order valence-corrected chi connectivity index (χ2v) is 6.57. The van der Waals surface area contributed by atoms with Gasteiger partial charge in [-0.1, -0.05) is 36.4 Å². The predicted molar refractivity (Wildman–Crippen MR) is 91.4 cm³/mol. The zero-order valence-corrected chi connectivity index (χ0v) is 13.5. The number of carbonyl (C=O) groups excluding carboxylic acids is 1. The van der Waals surface area contributed by atoms with E-state index in [1.54, 1.807) is 16.2 Å². The van der Waals surface area contributed by atoms with Crippen LogP contribution in [0.4, 0.5) is 5.82 Å². The number of hydrogen-bond donors (Lipinski definition) is 0. The van der Waals surface area contributed by atoms with Crippen molar-refractivity contribution < 1.29 is 4.79 Å². The third-order valence-electron chi connectivity index (χ3n) is 4.00. The van der Waals surface area contributed by atoms with Gasteiger partial charge in [0.15, 0.2) is 5.82 Å². The molecule has 0 aliphatic carbocycles. The number of thiophene rings is 1. The molecule has 4 rings (SSSR count). The molecular formula is C18H15N3OS. The van der Waals surface area contributed by atoms with Crippen molar-refractivity contribution in [3.05, 3.63) is 64.0 Å². The van der Waals surface area contributed by atoms with Crippen molar-refractivity contribution in [1.82, 2.24) is 9.97 Å². The van der Waals surface area contributed by atoms with E-state index in [-0.39, 0.29) is 5.91 Å². The van der Waals surface area contributed by atoms with E-state index in [1.807, 2.05) is 54.8 Å². The Kier molecular flexibility index (Phi) is 3.42. The second-order valence-electron chi connectivity index (χ2n) is 5.54. The summed E-state index contributed by atoms with van der Waals surface area (Å²) in [7, 11) is 0. The monoisotopic (exact) mass is 321 g/mol. The third kappa shape index (κ3) is 2.53. The van der Waals surface area contributed by atoms with Gasteiger partial charge in [-0.05, 0) is 18.4 Å². The maximum Gasteiger partial charge on any atom is 0.233 e. The Morgan fingerprint density at radius 2 is 1.96 bits per heavy atom. The smallest absolute Gasteiger partial charge is 0.233 e. The van der Waals surface area contributed by atoms with Crippen molar-refractivity contribution >= 4 is 23.1 Å². The molecule has 1 aromatic carbocycles. The van der Waals surface area contributed by atoms with Gasteiger partial charge >= 0.3 is 0 Å². The predicted octanol–water partition coefficient (Wildman–Crippen LogP) is 3.60. The lowest BCUT2D eigenvalue weighted by atomic mass is 10.1. The molecule has 0 atom stereocenters. The van der Waals surface area contributed by atoms with E-state index in [1.165, 1.54) is 0 Å². The Bertz CT molecular complexity index is 859. The van der Waals surface area contributed by atoms with Crippen LogP contribution in [0.1, 0.15) is 16.1 Å². The fourth-order valence-electron chi connectivity index (χ4n) is 2.81. The SMILES string of the molecule is Cc1nc(-c2ccccc2)nc2c1CC(=O)N2Cc1cccs1. The van der Waals surface area contributed by atoms with Crippen molar-refractivity contribution in [1.29, 1.82) is 0 Å². The summed E-state index contributed by atoms with van der Waals surface area (Å²) in [5, 5.41) is 2.03. The number of aryl methyl sites for hydroxylation is 1. The summed E-state index contributed by atoms with van der Waals surface area (Å²) in [6.07, 6.45) is 0.390. The summed E-state index contributed by atoms with van der Waals surface area (Å²) < 4.78 is 0. The second kappa shape index (κ2) is 5.59. The van der Waals surface area contributed by atoms with Crippen molar-refractivity contribution in [3.63, 3.8) is 0 Å². The lowest BCUT2D eigenvalue weighted by molar-refractivity contribution is -0.117. The van der Waals surface area contributed by atoms with Crippen LogP contribution in [-0.4, -0.2) is 15.9 Å². The largest absolute Gasteiger partial charge is 0.291 e. The van der Waals surface area contributed by atoms with Gasteiger partial charge in [0.05, 0.1) is 13.0 Å². The number of rotatable bonds is 3. The summed E-state index contributed by atoms with van der Waals surface area (Å²) >= 11 is 1.65. The van der Waals surface area contributed by atoms with Crippen molar-refractivity contribution in [2.75, 3.05) is 4.90 Å². The minimum Gasteiger partial charge on any atom is -0.291 e. The van der Waals surface area contributed by atoms with Crippen molar-refractivity contribution in [2.24, 2.45) is 0 Å². The number of aromatic nitrogens is 2. The molecule has 3 aromatic rings. The van der Waals surface area contributed by atoms with Crippen LogP contribution in [0.3, 0.4) is 0 Å². The van der Waals surface area contributed by atoms with Crippen molar-refractivity contribution in [2.45, 2.75) is 19.9 Å². The molecule has 23 heavy (non-hydrogen) atoms. The standard InChI is InChI=1S/C18H15N3OS/c1-12-15-10-16(22)21(11-14-8-5-9-23-14)18(15)20-17(19-12)13-6-3-2-4-7-13/h2-9H,10-11H2,1H3. The van der Waals surface area contributed by atoms with Gasteiger partial charge in [-0.25, -0.2) is 9.97 Å². The van der Waals surface area contributed by atoms with Crippen LogP contribution >= 0.6 is 11.3 Å². The molecule has 114 valence electrons. The molecule has 5 heteroatoms. The minimum atomic E-state index is 0.0935. The molecule has 3 heterocycles. The summed E-state index contributed by atoms with van der Waals surface area (Å²) in [5.41, 5.74) is 2.80. The number of benzene rings is 1. The Morgan fingerprint density at radius 1 is 1.13 bits per heavy atom. The summed E-state index contributed by atoms with van der Waals surface area (Å²) in [5.74, 6) is 1.53. The molecule has 0 unspecified atom stereocenters. The molecule has 0 N–H and O–H groups in total. The maximum atomic E-state index is 12.4. The van der Waals surface area contributed by atoms with Gasteiger partial charge in [0.25, 0.3) is 0 Å². The molecule has 0 spiro atoms. The number of nitrogens with zero attached hydrogens (tertiary/aromatic N) is 3. The lowest BCUT2D eigenvalue weighted by Gasteiger charge is -2.16. The molecule has 1 aliphatic heterocycles. The van der Waals surface area contributed by atoms with Gasteiger partial charge in [-0.3, -0.25) is 9.69 Å². The Balaban J connectivity index is 1.78. The number of fused-ring (bicyclic) bond motifs is 1. The minimum absolute atomic E-state index is 0.0935. The van der Waals surface area contributed by atoms with Crippen LogP contribution in [0.25, 0.3) is 11.4 Å². The van der Waals surface area contributed by atoms with E-state index in [9.17, 15) is 4.79 Å². The molecule has 1 amide bonds. The van der Waals surface area contributed by atoms with Crippen LogP contribution in [0.2, 0.25) is 0 Å². The highest BCUT2D eigenvalue weighted by atomic mass is 32.1. The Labute approximate surface area is 138 Å². The first kappa shape index (κ1) is 14.1. The maximum absolute atomic E-state index is 12.4. The van der Waals surface area contributed by atoms with Crippen molar-refractivity contribution in [3.8, 4) is 11.4 Å². The molecule has 4 nitrogen and oxygen atoms in total. The van der Waals surface area contributed by atoms with Crippen LogP contribution < -0.4 is 4.90 Å². The van der Waals surface area contributed by atoms with Crippen LogP contribution in [0.5, 0.6) is 0 Å². The molecule has 1 aliphatic rings. The van der Waals surface area contributed by atoms with E-state index >= 15 is 0 Å². The normalized spacial score (nSPS) is 13.4. The van der Waals surface area contributed by atoms with Gasteiger partial charge in [0, 0.05) is 21.7 Å². The molecular weight excluding hydrogens is 306 g/mol. The average molecular weight is 321 g/mol. The number of hydrogen-bond acceptors (Lipinski definition) is 4. The van der Waals surface area contributed by atoms with E-state index < -0.39 is 0 Å². The first-order valence-corrected chi connectivity index (χ1v) is 8.36. The third-order valence-corrected chi connectivity index (χ3v) is 4.86. The van der Waals surface area contributed by atoms with Crippen LogP contribution in [0.15, 0.2) is 47.8 Å².